The van der Waals surface area contributed by atoms with Crippen LogP contribution in [0.1, 0.15) is 9.67 Å². The normalized spacial score (nSPS) is 10.4. The van der Waals surface area contributed by atoms with Crippen LogP contribution in [0.4, 0.5) is 0 Å². The van der Waals surface area contributed by atoms with E-state index in [0.29, 0.717) is 11.4 Å². The second kappa shape index (κ2) is 4.94. The fraction of sp³-hybridized carbons (Fsp3) is 0.500. The molecule has 0 aliphatic rings. The van der Waals surface area contributed by atoms with Crippen LogP contribution in [-0.4, -0.2) is 42.4 Å². The molecule has 1 aromatic heterocycles. The number of nitrogens with zero attached hydrogens (tertiary/aromatic N) is 2. The monoisotopic (exact) mass is 199 g/mol. The molecule has 1 heterocycles. The van der Waals surface area contributed by atoms with Gasteiger partial charge in [0.15, 0.2) is 0 Å². The third-order valence-corrected chi connectivity index (χ3v) is 2.25. The van der Waals surface area contributed by atoms with Crippen LogP contribution in [0, 0.1) is 0 Å². The number of hydrogen-bond acceptors (Lipinski definition) is 4. The Morgan fingerprint density at radius 1 is 1.69 bits per heavy atom. The van der Waals surface area contributed by atoms with Crippen LogP contribution in [0.25, 0.3) is 0 Å². The van der Waals surface area contributed by atoms with Crippen molar-refractivity contribution >= 4 is 17.4 Å². The van der Waals surface area contributed by atoms with Crippen LogP contribution in [0.5, 0.6) is 0 Å². The van der Waals surface area contributed by atoms with E-state index in [1.807, 2.05) is 19.0 Å². The van der Waals surface area contributed by atoms with E-state index >= 15 is 0 Å². The van der Waals surface area contributed by atoms with E-state index in [1.165, 1.54) is 11.5 Å². The first kappa shape index (κ1) is 10.1. The zero-order valence-corrected chi connectivity index (χ0v) is 8.60. The second-order valence-electron chi connectivity index (χ2n) is 2.94. The molecule has 13 heavy (non-hydrogen) atoms. The van der Waals surface area contributed by atoms with E-state index in [4.69, 9.17) is 0 Å². The minimum atomic E-state index is -0.0376. The first-order chi connectivity index (χ1) is 6.20. The number of rotatable bonds is 4. The summed E-state index contributed by atoms with van der Waals surface area (Å²) < 4.78 is 3.86. The van der Waals surface area contributed by atoms with Crippen LogP contribution in [0.15, 0.2) is 12.3 Å². The van der Waals surface area contributed by atoms with Gasteiger partial charge in [-0.1, -0.05) is 0 Å². The van der Waals surface area contributed by atoms with Gasteiger partial charge < -0.3 is 10.2 Å². The Hall–Kier alpha value is -0.940. The van der Waals surface area contributed by atoms with Crippen LogP contribution in [-0.2, 0) is 0 Å². The van der Waals surface area contributed by atoms with Crippen LogP contribution < -0.4 is 5.32 Å². The molecule has 0 radical (unpaired) electrons. The smallest absolute Gasteiger partial charge is 0.263 e. The van der Waals surface area contributed by atoms with Gasteiger partial charge in [0, 0.05) is 19.3 Å². The molecule has 1 amide bonds. The van der Waals surface area contributed by atoms with E-state index in [9.17, 15) is 4.79 Å². The zero-order chi connectivity index (χ0) is 9.68. The van der Waals surface area contributed by atoms with E-state index < -0.39 is 0 Å². The van der Waals surface area contributed by atoms with Crippen molar-refractivity contribution in [2.24, 2.45) is 0 Å². The molecule has 0 aliphatic heterocycles. The largest absolute Gasteiger partial charge is 0.350 e. The summed E-state index contributed by atoms with van der Waals surface area (Å²) in [5.41, 5.74) is 0. The van der Waals surface area contributed by atoms with Crippen molar-refractivity contribution in [1.82, 2.24) is 14.6 Å². The van der Waals surface area contributed by atoms with Gasteiger partial charge in [-0.3, -0.25) is 4.79 Å². The van der Waals surface area contributed by atoms with Crippen LogP contribution in [0.2, 0.25) is 0 Å². The maximum atomic E-state index is 11.3. The molecule has 1 rings (SSSR count). The highest BCUT2D eigenvalue weighted by atomic mass is 32.1. The van der Waals surface area contributed by atoms with Gasteiger partial charge in [0.2, 0.25) is 0 Å². The molecular formula is C8H13N3OS. The van der Waals surface area contributed by atoms with Crippen LogP contribution >= 0.6 is 11.5 Å². The fourth-order valence-electron chi connectivity index (χ4n) is 0.813. The van der Waals surface area contributed by atoms with Crippen molar-refractivity contribution in [2.45, 2.75) is 0 Å². The summed E-state index contributed by atoms with van der Waals surface area (Å²) in [6, 6.07) is 1.72. The zero-order valence-electron chi connectivity index (χ0n) is 7.78. The summed E-state index contributed by atoms with van der Waals surface area (Å²) in [5.74, 6) is -0.0376. The molecule has 5 heteroatoms. The molecule has 0 saturated heterocycles. The van der Waals surface area contributed by atoms with E-state index in [0.717, 1.165) is 6.54 Å². The Balaban J connectivity index is 2.27. The van der Waals surface area contributed by atoms with Gasteiger partial charge in [-0.15, -0.1) is 0 Å². The summed E-state index contributed by atoms with van der Waals surface area (Å²) in [5, 5.41) is 2.81. The molecule has 0 spiro atoms. The van der Waals surface area contributed by atoms with Gasteiger partial charge in [0.05, 0.1) is 0 Å². The first-order valence-corrected chi connectivity index (χ1v) is 4.81. The van der Waals surface area contributed by atoms with Crippen molar-refractivity contribution in [3.8, 4) is 0 Å². The van der Waals surface area contributed by atoms with Gasteiger partial charge in [0.1, 0.15) is 4.88 Å². The Labute approximate surface area is 81.7 Å². The summed E-state index contributed by atoms with van der Waals surface area (Å²) in [6.07, 6.45) is 1.63. The van der Waals surface area contributed by atoms with Crippen LogP contribution in [0.3, 0.4) is 0 Å². The highest BCUT2D eigenvalue weighted by Gasteiger charge is 2.05. The number of carbonyl (C=O) groups is 1. The molecule has 0 atom stereocenters. The van der Waals surface area contributed by atoms with E-state index in [1.54, 1.807) is 12.3 Å². The number of nitrogens with one attached hydrogen (secondary N) is 1. The van der Waals surface area contributed by atoms with Crippen molar-refractivity contribution in [3.05, 3.63) is 17.1 Å². The molecule has 0 aromatic carbocycles. The fourth-order valence-corrected chi connectivity index (χ4v) is 1.33. The van der Waals surface area contributed by atoms with Crippen molar-refractivity contribution in [2.75, 3.05) is 27.2 Å². The molecule has 0 aliphatic carbocycles. The molecule has 0 saturated carbocycles. The SMILES string of the molecule is CN(C)CCNC(=O)c1ccns1. The van der Waals surface area contributed by atoms with E-state index in [2.05, 4.69) is 9.69 Å². The number of amides is 1. The number of aromatic nitrogens is 1. The topological polar surface area (TPSA) is 45.2 Å². The predicted molar refractivity (Wildman–Crippen MR) is 53.0 cm³/mol. The maximum Gasteiger partial charge on any atom is 0.263 e. The molecular weight excluding hydrogens is 186 g/mol. The Kier molecular flexibility index (Phi) is 3.85. The number of hydrogen-bond donors (Lipinski definition) is 1. The summed E-state index contributed by atoms with van der Waals surface area (Å²) in [6.45, 7) is 1.52. The lowest BCUT2D eigenvalue weighted by Crippen LogP contribution is -2.30. The molecule has 1 N–H and O–H groups in total. The number of carbonyl (C=O) groups excluding carboxylic acids is 1. The lowest BCUT2D eigenvalue weighted by atomic mass is 10.4. The van der Waals surface area contributed by atoms with Gasteiger partial charge in [0.25, 0.3) is 5.91 Å². The Morgan fingerprint density at radius 3 is 3.00 bits per heavy atom. The standard InChI is InChI=1S/C8H13N3OS/c1-11(2)6-5-9-8(12)7-3-4-10-13-7/h3-4H,5-6H2,1-2H3,(H,9,12). The number of likely N-dealkylation sites (N-methyl/N-ethyl adjacent to an activating group) is 1. The third-order valence-electron chi connectivity index (χ3n) is 1.51. The summed E-state index contributed by atoms with van der Waals surface area (Å²) >= 11 is 1.21. The Bertz CT molecular complexity index is 258. The average Bonchev–Trinajstić information content (AvgIpc) is 2.55. The molecule has 0 bridgehead atoms. The molecule has 0 fully saturated rings. The minimum absolute atomic E-state index is 0.0376. The lowest BCUT2D eigenvalue weighted by Gasteiger charge is -2.09. The quantitative estimate of drug-likeness (QED) is 0.765. The molecule has 4 nitrogen and oxygen atoms in total. The lowest BCUT2D eigenvalue weighted by molar-refractivity contribution is 0.0955. The maximum absolute atomic E-state index is 11.3. The van der Waals surface area contributed by atoms with E-state index in [-0.39, 0.29) is 5.91 Å². The third kappa shape index (κ3) is 3.52. The molecule has 0 unspecified atom stereocenters. The van der Waals surface area contributed by atoms with Gasteiger partial charge >= 0.3 is 0 Å². The highest BCUT2D eigenvalue weighted by Crippen LogP contribution is 2.02. The summed E-state index contributed by atoms with van der Waals surface area (Å²) in [7, 11) is 3.94. The Morgan fingerprint density at radius 2 is 2.46 bits per heavy atom. The van der Waals surface area contributed by atoms with Gasteiger partial charge in [-0.25, -0.2) is 4.37 Å². The van der Waals surface area contributed by atoms with Crippen molar-refractivity contribution in [1.29, 1.82) is 0 Å². The van der Waals surface area contributed by atoms with Gasteiger partial charge in [-0.2, -0.15) is 0 Å². The molecule has 72 valence electrons. The minimum Gasteiger partial charge on any atom is -0.350 e. The predicted octanol–water partition coefficient (Wildman–Crippen LogP) is 0.434. The average molecular weight is 199 g/mol. The van der Waals surface area contributed by atoms with Crippen molar-refractivity contribution < 1.29 is 4.79 Å². The van der Waals surface area contributed by atoms with Gasteiger partial charge in [-0.05, 0) is 31.7 Å². The highest BCUT2D eigenvalue weighted by molar-refractivity contribution is 7.08. The van der Waals surface area contributed by atoms with Crippen molar-refractivity contribution in [3.63, 3.8) is 0 Å². The first-order valence-electron chi connectivity index (χ1n) is 4.04. The second-order valence-corrected chi connectivity index (χ2v) is 3.77. The molecule has 1 aromatic rings. The summed E-state index contributed by atoms with van der Waals surface area (Å²) in [4.78, 5) is 14.0.